The van der Waals surface area contributed by atoms with Crippen LogP contribution in [-0.4, -0.2) is 23.9 Å². The zero-order valence-corrected chi connectivity index (χ0v) is 9.41. The van der Waals surface area contributed by atoms with Crippen molar-refractivity contribution in [1.82, 2.24) is 4.98 Å². The number of halogens is 3. The summed E-state index contributed by atoms with van der Waals surface area (Å²) in [5.74, 6) is -0.105. The van der Waals surface area contributed by atoms with Crippen molar-refractivity contribution in [1.29, 1.82) is 0 Å². The highest BCUT2D eigenvalue weighted by Crippen LogP contribution is 2.24. The summed E-state index contributed by atoms with van der Waals surface area (Å²) in [4.78, 5) is 3.75. The summed E-state index contributed by atoms with van der Waals surface area (Å²) >= 11 is 0. The van der Waals surface area contributed by atoms with Gasteiger partial charge in [-0.2, -0.15) is 18.2 Å². The number of nitrogens with two attached hydrogens (primary N) is 1. The third kappa shape index (κ3) is 4.80. The van der Waals surface area contributed by atoms with E-state index in [4.69, 9.17) is 10.5 Å². The molecular weight excluding hydrogens is 237 g/mol. The molecule has 0 spiro atoms. The third-order valence-corrected chi connectivity index (χ3v) is 1.60. The molecule has 2 N–H and O–H groups in total. The van der Waals surface area contributed by atoms with E-state index < -0.39 is 12.8 Å². The lowest BCUT2D eigenvalue weighted by Gasteiger charge is -2.13. The molecule has 0 aliphatic heterocycles. The predicted molar refractivity (Wildman–Crippen MR) is 56.0 cm³/mol. The van der Waals surface area contributed by atoms with Gasteiger partial charge < -0.3 is 15.2 Å². The highest BCUT2D eigenvalue weighted by Gasteiger charge is 2.28. The quantitative estimate of drug-likeness (QED) is 0.891. The van der Waals surface area contributed by atoms with Crippen LogP contribution in [-0.2, 0) is 0 Å². The Morgan fingerprint density at radius 2 is 2.00 bits per heavy atom. The maximum Gasteiger partial charge on any atom is 0.422 e. The molecule has 0 fully saturated rings. The normalized spacial score (nSPS) is 11.6. The lowest BCUT2D eigenvalue weighted by Crippen LogP contribution is -2.20. The van der Waals surface area contributed by atoms with Crippen LogP contribution in [0.1, 0.15) is 13.8 Å². The summed E-state index contributed by atoms with van der Waals surface area (Å²) in [5, 5.41) is 0. The lowest BCUT2D eigenvalue weighted by atomic mass is 10.4. The number of ether oxygens (including phenoxy) is 2. The van der Waals surface area contributed by atoms with E-state index in [1.54, 1.807) is 13.8 Å². The number of hydrogen-bond acceptors (Lipinski definition) is 4. The van der Waals surface area contributed by atoms with Crippen molar-refractivity contribution in [2.24, 2.45) is 0 Å². The Morgan fingerprint density at radius 1 is 1.35 bits per heavy atom. The minimum atomic E-state index is -4.40. The van der Waals surface area contributed by atoms with Gasteiger partial charge in [-0.05, 0) is 19.9 Å². The fourth-order valence-electron chi connectivity index (χ4n) is 0.988. The Bertz CT molecular complexity index is 380. The average Bonchev–Trinajstić information content (AvgIpc) is 2.17. The molecule has 1 rings (SSSR count). The van der Waals surface area contributed by atoms with Gasteiger partial charge >= 0.3 is 6.18 Å². The molecule has 0 bridgehead atoms. The number of hydrogen-bond donors (Lipinski definition) is 1. The molecule has 0 aliphatic carbocycles. The first-order valence-corrected chi connectivity index (χ1v) is 4.90. The zero-order valence-electron chi connectivity index (χ0n) is 9.41. The van der Waals surface area contributed by atoms with Gasteiger partial charge in [0.25, 0.3) is 0 Å². The zero-order chi connectivity index (χ0) is 13.1. The Hall–Kier alpha value is -1.66. The molecule has 0 radical (unpaired) electrons. The van der Waals surface area contributed by atoms with E-state index in [2.05, 4.69) is 9.72 Å². The second-order valence-corrected chi connectivity index (χ2v) is 3.61. The van der Waals surface area contributed by atoms with E-state index in [1.165, 1.54) is 12.1 Å². The number of aromatic nitrogens is 1. The van der Waals surface area contributed by atoms with E-state index >= 15 is 0 Å². The molecule has 96 valence electrons. The fraction of sp³-hybridized carbons (Fsp3) is 0.500. The fourth-order valence-corrected chi connectivity index (χ4v) is 0.988. The largest absolute Gasteiger partial charge is 0.473 e. The highest BCUT2D eigenvalue weighted by molar-refractivity contribution is 5.49. The average molecular weight is 250 g/mol. The van der Waals surface area contributed by atoms with Crippen molar-refractivity contribution in [3.8, 4) is 11.8 Å². The van der Waals surface area contributed by atoms with Gasteiger partial charge in [-0.1, -0.05) is 0 Å². The molecule has 0 atom stereocenters. The molecular formula is C10H13F3N2O2. The number of nitrogen functional groups attached to an aromatic ring is 1. The van der Waals surface area contributed by atoms with E-state index in [-0.39, 0.29) is 23.6 Å². The second-order valence-electron chi connectivity index (χ2n) is 3.61. The summed E-state index contributed by atoms with van der Waals surface area (Å²) in [7, 11) is 0. The smallest absolute Gasteiger partial charge is 0.422 e. The SMILES string of the molecule is CC(C)Oc1nc(OCC(F)(F)F)ccc1N. The van der Waals surface area contributed by atoms with Crippen molar-refractivity contribution in [2.45, 2.75) is 26.1 Å². The Morgan fingerprint density at radius 3 is 2.53 bits per heavy atom. The number of alkyl halides is 3. The summed E-state index contributed by atoms with van der Waals surface area (Å²) in [6.45, 7) is 2.11. The maximum absolute atomic E-state index is 11.9. The van der Waals surface area contributed by atoms with Crippen molar-refractivity contribution in [2.75, 3.05) is 12.3 Å². The van der Waals surface area contributed by atoms with Crippen molar-refractivity contribution in [3.05, 3.63) is 12.1 Å². The van der Waals surface area contributed by atoms with Gasteiger partial charge in [0.15, 0.2) is 6.61 Å². The van der Waals surface area contributed by atoms with E-state index in [1.807, 2.05) is 0 Å². The Labute approximate surface area is 96.5 Å². The number of pyridine rings is 1. The molecule has 0 unspecified atom stereocenters. The molecule has 0 saturated heterocycles. The molecule has 0 saturated carbocycles. The van der Waals surface area contributed by atoms with Crippen LogP contribution in [0.3, 0.4) is 0 Å². The topological polar surface area (TPSA) is 57.4 Å². The summed E-state index contributed by atoms with van der Waals surface area (Å²) < 4.78 is 45.5. The van der Waals surface area contributed by atoms with Gasteiger partial charge in [-0.15, -0.1) is 0 Å². The molecule has 0 amide bonds. The van der Waals surface area contributed by atoms with Crippen LogP contribution in [0.4, 0.5) is 18.9 Å². The van der Waals surface area contributed by atoms with Crippen LogP contribution >= 0.6 is 0 Å². The highest BCUT2D eigenvalue weighted by atomic mass is 19.4. The molecule has 1 heterocycles. The van der Waals surface area contributed by atoms with Crippen LogP contribution in [0.15, 0.2) is 12.1 Å². The molecule has 4 nitrogen and oxygen atoms in total. The number of nitrogens with zero attached hydrogens (tertiary/aromatic N) is 1. The van der Waals surface area contributed by atoms with Crippen LogP contribution in [0.25, 0.3) is 0 Å². The lowest BCUT2D eigenvalue weighted by molar-refractivity contribution is -0.154. The van der Waals surface area contributed by atoms with E-state index in [0.717, 1.165) is 0 Å². The molecule has 1 aromatic rings. The first-order chi connectivity index (χ1) is 7.78. The van der Waals surface area contributed by atoms with Gasteiger partial charge in [0.05, 0.1) is 11.8 Å². The Balaban J connectivity index is 2.74. The first kappa shape index (κ1) is 13.4. The van der Waals surface area contributed by atoms with Crippen molar-refractivity contribution < 1.29 is 22.6 Å². The maximum atomic E-state index is 11.9. The van der Waals surface area contributed by atoms with Gasteiger partial charge in [-0.3, -0.25) is 0 Å². The molecule has 1 aromatic heterocycles. The second kappa shape index (κ2) is 5.11. The van der Waals surface area contributed by atoms with E-state index in [0.29, 0.717) is 0 Å². The molecule has 0 aromatic carbocycles. The number of anilines is 1. The minimum Gasteiger partial charge on any atom is -0.473 e. The summed E-state index contributed by atoms with van der Waals surface area (Å²) in [6.07, 6.45) is -4.58. The minimum absolute atomic E-state index is 0.0691. The number of rotatable bonds is 4. The first-order valence-electron chi connectivity index (χ1n) is 4.90. The monoisotopic (exact) mass is 250 g/mol. The van der Waals surface area contributed by atoms with Crippen molar-refractivity contribution >= 4 is 5.69 Å². The Kier molecular flexibility index (Phi) is 4.03. The predicted octanol–water partition coefficient (Wildman–Crippen LogP) is 2.39. The van der Waals surface area contributed by atoms with Crippen LogP contribution in [0.5, 0.6) is 11.8 Å². The standard InChI is InChI=1S/C10H13F3N2O2/c1-6(2)17-9-7(14)3-4-8(15-9)16-5-10(11,12)13/h3-4,6H,5,14H2,1-2H3. The summed E-state index contributed by atoms with van der Waals surface area (Å²) in [6, 6.07) is 2.64. The van der Waals surface area contributed by atoms with Gasteiger partial charge in [0.1, 0.15) is 0 Å². The van der Waals surface area contributed by atoms with E-state index in [9.17, 15) is 13.2 Å². The van der Waals surface area contributed by atoms with Crippen LogP contribution < -0.4 is 15.2 Å². The van der Waals surface area contributed by atoms with Gasteiger partial charge in [0, 0.05) is 6.07 Å². The van der Waals surface area contributed by atoms with Crippen molar-refractivity contribution in [3.63, 3.8) is 0 Å². The van der Waals surface area contributed by atoms with Crippen LogP contribution in [0, 0.1) is 0 Å². The van der Waals surface area contributed by atoms with Gasteiger partial charge in [0.2, 0.25) is 11.8 Å². The third-order valence-electron chi connectivity index (χ3n) is 1.60. The molecule has 0 aliphatic rings. The van der Waals surface area contributed by atoms with Crippen LogP contribution in [0.2, 0.25) is 0 Å². The van der Waals surface area contributed by atoms with Gasteiger partial charge in [-0.25, -0.2) is 0 Å². The molecule has 17 heavy (non-hydrogen) atoms. The summed E-state index contributed by atoms with van der Waals surface area (Å²) in [5.41, 5.74) is 5.80. The molecule has 7 heteroatoms.